The quantitative estimate of drug-likeness (QED) is 0.890. The Hall–Kier alpha value is -1.32. The predicted octanol–water partition coefficient (Wildman–Crippen LogP) is 3.57. The SMILES string of the molecule is OC(Cc1ccsc1)c1cccc(OC2CC2)c1. The lowest BCUT2D eigenvalue weighted by atomic mass is 10.0. The third kappa shape index (κ3) is 2.92. The molecule has 0 bridgehead atoms. The van der Waals surface area contributed by atoms with Gasteiger partial charge in [0, 0.05) is 6.42 Å². The van der Waals surface area contributed by atoms with Crippen LogP contribution in [0.3, 0.4) is 0 Å². The number of rotatable bonds is 5. The highest BCUT2D eigenvalue weighted by molar-refractivity contribution is 7.07. The van der Waals surface area contributed by atoms with Crippen LogP contribution in [0, 0.1) is 0 Å². The number of aliphatic hydroxyl groups excluding tert-OH is 1. The van der Waals surface area contributed by atoms with Crippen LogP contribution in [0.5, 0.6) is 5.75 Å². The maximum Gasteiger partial charge on any atom is 0.120 e. The van der Waals surface area contributed by atoms with E-state index >= 15 is 0 Å². The zero-order valence-corrected chi connectivity index (χ0v) is 10.9. The summed E-state index contributed by atoms with van der Waals surface area (Å²) in [5.41, 5.74) is 2.11. The molecule has 1 aliphatic rings. The van der Waals surface area contributed by atoms with E-state index < -0.39 is 6.10 Å². The second kappa shape index (κ2) is 5.12. The van der Waals surface area contributed by atoms with Crippen LogP contribution in [0.4, 0.5) is 0 Å². The third-order valence-electron chi connectivity index (χ3n) is 3.08. The van der Waals surface area contributed by atoms with Crippen molar-refractivity contribution in [3.05, 3.63) is 52.2 Å². The van der Waals surface area contributed by atoms with Crippen molar-refractivity contribution in [3.63, 3.8) is 0 Å². The van der Waals surface area contributed by atoms with Crippen molar-refractivity contribution in [2.45, 2.75) is 31.5 Å². The van der Waals surface area contributed by atoms with Gasteiger partial charge in [0.15, 0.2) is 0 Å². The summed E-state index contributed by atoms with van der Waals surface area (Å²) < 4.78 is 5.74. The monoisotopic (exact) mass is 260 g/mol. The fourth-order valence-corrected chi connectivity index (χ4v) is 2.60. The predicted molar refractivity (Wildman–Crippen MR) is 73.1 cm³/mol. The van der Waals surface area contributed by atoms with E-state index in [-0.39, 0.29) is 0 Å². The Morgan fingerprint density at radius 1 is 1.33 bits per heavy atom. The fraction of sp³-hybridized carbons (Fsp3) is 0.333. The largest absolute Gasteiger partial charge is 0.490 e. The van der Waals surface area contributed by atoms with Crippen molar-refractivity contribution in [2.24, 2.45) is 0 Å². The first kappa shape index (κ1) is 11.8. The van der Waals surface area contributed by atoms with Crippen LogP contribution in [-0.2, 0) is 6.42 Å². The van der Waals surface area contributed by atoms with Crippen LogP contribution in [-0.4, -0.2) is 11.2 Å². The molecule has 3 rings (SSSR count). The molecule has 1 saturated carbocycles. The van der Waals surface area contributed by atoms with Gasteiger partial charge in [0.2, 0.25) is 0 Å². The van der Waals surface area contributed by atoms with Crippen LogP contribution in [0.15, 0.2) is 41.1 Å². The average molecular weight is 260 g/mol. The molecule has 1 unspecified atom stereocenters. The molecule has 2 nitrogen and oxygen atoms in total. The van der Waals surface area contributed by atoms with Crippen LogP contribution in [0.25, 0.3) is 0 Å². The molecule has 0 spiro atoms. The van der Waals surface area contributed by atoms with Crippen molar-refractivity contribution in [1.29, 1.82) is 0 Å². The summed E-state index contributed by atoms with van der Waals surface area (Å²) in [6.45, 7) is 0. The number of benzene rings is 1. The lowest BCUT2D eigenvalue weighted by Gasteiger charge is -2.12. The zero-order chi connectivity index (χ0) is 12.4. The maximum absolute atomic E-state index is 10.2. The highest BCUT2D eigenvalue weighted by atomic mass is 32.1. The molecule has 2 aromatic rings. The molecule has 0 aliphatic heterocycles. The normalized spacial score (nSPS) is 16.5. The van der Waals surface area contributed by atoms with Gasteiger partial charge in [-0.2, -0.15) is 11.3 Å². The Morgan fingerprint density at radius 3 is 2.94 bits per heavy atom. The van der Waals surface area contributed by atoms with E-state index in [2.05, 4.69) is 11.4 Å². The minimum Gasteiger partial charge on any atom is -0.490 e. The molecule has 94 valence electrons. The fourth-order valence-electron chi connectivity index (χ4n) is 1.92. The summed E-state index contributed by atoms with van der Waals surface area (Å²) in [7, 11) is 0. The zero-order valence-electron chi connectivity index (χ0n) is 10.1. The molecule has 1 aromatic carbocycles. The summed E-state index contributed by atoms with van der Waals surface area (Å²) in [6, 6.07) is 9.87. The van der Waals surface area contributed by atoms with Gasteiger partial charge in [0.05, 0.1) is 12.2 Å². The summed E-state index contributed by atoms with van der Waals surface area (Å²) in [6.07, 6.45) is 2.91. The van der Waals surface area contributed by atoms with Gasteiger partial charge in [-0.15, -0.1) is 0 Å². The first-order valence-corrected chi connectivity index (χ1v) is 7.21. The Labute approximate surface area is 111 Å². The Bertz CT molecular complexity index is 503. The van der Waals surface area contributed by atoms with Gasteiger partial charge in [0.25, 0.3) is 0 Å². The van der Waals surface area contributed by atoms with E-state index in [9.17, 15) is 5.11 Å². The molecule has 1 atom stereocenters. The smallest absolute Gasteiger partial charge is 0.120 e. The second-order valence-corrected chi connectivity index (χ2v) is 5.52. The first-order chi connectivity index (χ1) is 8.81. The molecule has 0 radical (unpaired) electrons. The van der Waals surface area contributed by atoms with E-state index in [1.807, 2.05) is 29.6 Å². The molecule has 1 N–H and O–H groups in total. The van der Waals surface area contributed by atoms with Crippen LogP contribution in [0.1, 0.15) is 30.1 Å². The minimum absolute atomic E-state index is 0.397. The van der Waals surface area contributed by atoms with Crippen LogP contribution in [0.2, 0.25) is 0 Å². The first-order valence-electron chi connectivity index (χ1n) is 6.27. The summed E-state index contributed by atoms with van der Waals surface area (Å²) >= 11 is 1.66. The van der Waals surface area contributed by atoms with Crippen molar-refractivity contribution in [1.82, 2.24) is 0 Å². The molecule has 0 saturated heterocycles. The highest BCUT2D eigenvalue weighted by Crippen LogP contribution is 2.29. The van der Waals surface area contributed by atoms with Gasteiger partial charge in [-0.25, -0.2) is 0 Å². The molecule has 0 amide bonds. The number of ether oxygens (including phenoxy) is 1. The standard InChI is InChI=1S/C15H16O2S/c16-15(8-11-6-7-18-10-11)12-2-1-3-14(9-12)17-13-4-5-13/h1-3,6-7,9-10,13,15-16H,4-5,8H2. The third-order valence-corrected chi connectivity index (χ3v) is 3.81. The van der Waals surface area contributed by atoms with Crippen LogP contribution < -0.4 is 4.74 Å². The second-order valence-electron chi connectivity index (χ2n) is 4.74. The molecule has 1 aromatic heterocycles. The van der Waals surface area contributed by atoms with E-state index in [1.54, 1.807) is 11.3 Å². The van der Waals surface area contributed by atoms with Gasteiger partial charge in [0.1, 0.15) is 5.75 Å². The van der Waals surface area contributed by atoms with Crippen molar-refractivity contribution in [2.75, 3.05) is 0 Å². The van der Waals surface area contributed by atoms with Crippen molar-refractivity contribution >= 4 is 11.3 Å². The van der Waals surface area contributed by atoms with Gasteiger partial charge >= 0.3 is 0 Å². The topological polar surface area (TPSA) is 29.5 Å². The van der Waals surface area contributed by atoms with E-state index in [4.69, 9.17) is 4.74 Å². The van der Waals surface area contributed by atoms with Gasteiger partial charge < -0.3 is 9.84 Å². The average Bonchev–Trinajstić information content (AvgIpc) is 3.04. The van der Waals surface area contributed by atoms with Crippen LogP contribution >= 0.6 is 11.3 Å². The highest BCUT2D eigenvalue weighted by Gasteiger charge is 2.23. The Kier molecular flexibility index (Phi) is 3.35. The van der Waals surface area contributed by atoms with E-state index in [0.29, 0.717) is 12.5 Å². The lowest BCUT2D eigenvalue weighted by Crippen LogP contribution is -2.02. The van der Waals surface area contributed by atoms with Crippen molar-refractivity contribution in [3.8, 4) is 5.75 Å². The van der Waals surface area contributed by atoms with Gasteiger partial charge in [-0.1, -0.05) is 12.1 Å². The molecule has 18 heavy (non-hydrogen) atoms. The van der Waals surface area contributed by atoms with Gasteiger partial charge in [-0.05, 0) is 52.9 Å². The molecular weight excluding hydrogens is 244 g/mol. The van der Waals surface area contributed by atoms with E-state index in [1.165, 1.54) is 5.56 Å². The number of aliphatic hydroxyl groups is 1. The Morgan fingerprint density at radius 2 is 2.22 bits per heavy atom. The molecule has 1 aliphatic carbocycles. The molecular formula is C15H16O2S. The molecule has 1 fully saturated rings. The summed E-state index contributed by atoms with van der Waals surface area (Å²) in [5.74, 6) is 0.874. The lowest BCUT2D eigenvalue weighted by molar-refractivity contribution is 0.178. The van der Waals surface area contributed by atoms with Crippen molar-refractivity contribution < 1.29 is 9.84 Å². The van der Waals surface area contributed by atoms with Gasteiger partial charge in [-0.3, -0.25) is 0 Å². The summed E-state index contributed by atoms with van der Waals surface area (Å²) in [5, 5.41) is 14.3. The minimum atomic E-state index is -0.456. The Balaban J connectivity index is 1.69. The molecule has 3 heteroatoms. The molecule has 1 heterocycles. The van der Waals surface area contributed by atoms with E-state index in [0.717, 1.165) is 24.2 Å². The number of hydrogen-bond donors (Lipinski definition) is 1. The summed E-state index contributed by atoms with van der Waals surface area (Å²) in [4.78, 5) is 0. The number of hydrogen-bond acceptors (Lipinski definition) is 3. The maximum atomic E-state index is 10.2. The number of thiophene rings is 1.